The van der Waals surface area contributed by atoms with Gasteiger partial charge >= 0.3 is 0 Å². The van der Waals surface area contributed by atoms with E-state index in [4.69, 9.17) is 5.73 Å². The van der Waals surface area contributed by atoms with Crippen LogP contribution in [0.5, 0.6) is 0 Å². The minimum absolute atomic E-state index is 0.182. The Balaban J connectivity index is 1.97. The highest BCUT2D eigenvalue weighted by atomic mass is 32.2. The third-order valence-electron chi connectivity index (χ3n) is 5.03. The molecule has 140 valence electrons. The number of nitrogens with two attached hydrogens (primary N) is 1. The summed E-state index contributed by atoms with van der Waals surface area (Å²) < 4.78 is 25.4. The Morgan fingerprint density at radius 3 is 2.50 bits per heavy atom. The van der Waals surface area contributed by atoms with Crippen molar-refractivity contribution in [2.45, 2.75) is 20.3 Å². The van der Waals surface area contributed by atoms with Crippen LogP contribution < -0.4 is 10.6 Å². The number of piperazine rings is 1. The van der Waals surface area contributed by atoms with Gasteiger partial charge in [-0.2, -0.15) is 4.31 Å². The first-order chi connectivity index (χ1) is 12.2. The van der Waals surface area contributed by atoms with Gasteiger partial charge in [0, 0.05) is 48.4 Å². The van der Waals surface area contributed by atoms with E-state index in [2.05, 4.69) is 16.5 Å². The molecule has 1 saturated heterocycles. The van der Waals surface area contributed by atoms with Crippen LogP contribution in [0, 0.1) is 13.8 Å². The van der Waals surface area contributed by atoms with Gasteiger partial charge in [-0.15, -0.1) is 0 Å². The van der Waals surface area contributed by atoms with Crippen LogP contribution in [-0.2, 0) is 21.2 Å². The lowest BCUT2D eigenvalue weighted by Gasteiger charge is -2.35. The number of nitrogens with zero attached hydrogens (tertiary/aromatic N) is 2. The van der Waals surface area contributed by atoms with E-state index in [9.17, 15) is 13.2 Å². The average Bonchev–Trinajstić information content (AvgIpc) is 2.91. The number of hydrogen-bond donors (Lipinski definition) is 2. The minimum atomic E-state index is -3.38. The number of fused-ring (bicyclic) bond motifs is 1. The molecule has 0 spiro atoms. The number of primary amides is 1. The van der Waals surface area contributed by atoms with Crippen molar-refractivity contribution in [3.8, 4) is 0 Å². The summed E-state index contributed by atoms with van der Waals surface area (Å²) in [7, 11) is -3.38. The third-order valence-corrected chi connectivity index (χ3v) is 6.54. The van der Waals surface area contributed by atoms with Crippen molar-refractivity contribution >= 4 is 32.5 Å². The van der Waals surface area contributed by atoms with E-state index in [0.717, 1.165) is 38.8 Å². The summed E-state index contributed by atoms with van der Waals surface area (Å²) in [6.45, 7) is 9.47. The molecule has 8 heteroatoms. The van der Waals surface area contributed by atoms with Crippen molar-refractivity contribution in [3.05, 3.63) is 40.9 Å². The Hall–Kier alpha value is -2.32. The first-order valence-electron chi connectivity index (χ1n) is 8.51. The number of carbonyl (C=O) groups is 1. The molecule has 3 rings (SSSR count). The fourth-order valence-corrected chi connectivity index (χ4v) is 4.40. The van der Waals surface area contributed by atoms with Gasteiger partial charge in [-0.3, -0.25) is 4.79 Å². The zero-order valence-electron chi connectivity index (χ0n) is 15.1. The number of carbonyl (C=O) groups excluding carboxylic acids is 1. The Labute approximate surface area is 153 Å². The Morgan fingerprint density at radius 2 is 1.92 bits per heavy atom. The summed E-state index contributed by atoms with van der Waals surface area (Å²) >= 11 is 0. The Bertz CT molecular complexity index is 970. The van der Waals surface area contributed by atoms with E-state index in [1.54, 1.807) is 0 Å². The van der Waals surface area contributed by atoms with Crippen LogP contribution in [0.3, 0.4) is 0 Å². The lowest BCUT2D eigenvalue weighted by Crippen LogP contribution is -2.48. The summed E-state index contributed by atoms with van der Waals surface area (Å²) in [4.78, 5) is 16.9. The molecular weight excluding hydrogens is 352 g/mol. The van der Waals surface area contributed by atoms with Crippen LogP contribution in [0.1, 0.15) is 16.8 Å². The number of anilines is 1. The number of sulfonamides is 1. The maximum Gasteiger partial charge on any atom is 0.235 e. The number of aromatic nitrogens is 1. The van der Waals surface area contributed by atoms with Crippen molar-refractivity contribution in [1.82, 2.24) is 9.29 Å². The molecule has 26 heavy (non-hydrogen) atoms. The summed E-state index contributed by atoms with van der Waals surface area (Å²) in [6, 6.07) is 3.92. The van der Waals surface area contributed by atoms with Crippen molar-refractivity contribution < 1.29 is 13.2 Å². The molecule has 3 N–H and O–H groups in total. The average molecular weight is 376 g/mol. The van der Waals surface area contributed by atoms with Crippen LogP contribution in [0.4, 0.5) is 5.69 Å². The molecular formula is C18H24N4O3S. The molecule has 0 unspecified atom stereocenters. The fraction of sp³-hybridized carbons (Fsp3) is 0.389. The molecule has 0 aliphatic carbocycles. The van der Waals surface area contributed by atoms with Gasteiger partial charge in [-0.25, -0.2) is 8.42 Å². The van der Waals surface area contributed by atoms with E-state index in [1.807, 2.05) is 26.0 Å². The molecule has 7 nitrogen and oxygen atoms in total. The minimum Gasteiger partial charge on any atom is -0.369 e. The quantitative estimate of drug-likeness (QED) is 0.824. The molecule has 0 atom stereocenters. The van der Waals surface area contributed by atoms with Crippen LogP contribution >= 0.6 is 0 Å². The smallest absolute Gasteiger partial charge is 0.235 e. The lowest BCUT2D eigenvalue weighted by atomic mass is 10.0. The number of aryl methyl sites for hydroxylation is 2. The predicted molar refractivity (Wildman–Crippen MR) is 104 cm³/mol. The Kier molecular flexibility index (Phi) is 4.81. The van der Waals surface area contributed by atoms with E-state index in [0.29, 0.717) is 26.2 Å². The zero-order chi connectivity index (χ0) is 19.1. The molecule has 1 fully saturated rings. The number of nitrogens with one attached hydrogen (secondary N) is 1. The second-order valence-corrected chi connectivity index (χ2v) is 8.49. The van der Waals surface area contributed by atoms with E-state index in [-0.39, 0.29) is 12.3 Å². The van der Waals surface area contributed by atoms with Crippen LogP contribution in [-0.4, -0.2) is 49.8 Å². The molecule has 0 saturated carbocycles. The lowest BCUT2D eigenvalue weighted by molar-refractivity contribution is -0.117. The van der Waals surface area contributed by atoms with Crippen LogP contribution in [0.15, 0.2) is 24.1 Å². The first-order valence-corrected chi connectivity index (χ1v) is 10.0. The maximum absolute atomic E-state index is 12.0. The van der Waals surface area contributed by atoms with E-state index in [1.165, 1.54) is 4.31 Å². The van der Waals surface area contributed by atoms with Gasteiger partial charge in [0.05, 0.1) is 11.9 Å². The molecule has 1 aromatic carbocycles. The molecule has 0 radical (unpaired) electrons. The molecule has 2 heterocycles. The summed E-state index contributed by atoms with van der Waals surface area (Å²) in [5.41, 5.74) is 10.4. The van der Waals surface area contributed by atoms with Crippen molar-refractivity contribution in [3.63, 3.8) is 0 Å². The molecule has 1 aliphatic rings. The second kappa shape index (κ2) is 6.77. The van der Waals surface area contributed by atoms with Gasteiger partial charge in [0.1, 0.15) is 0 Å². The molecule has 0 bridgehead atoms. The molecule has 2 aromatic rings. The second-order valence-electron chi connectivity index (χ2n) is 6.61. The summed E-state index contributed by atoms with van der Waals surface area (Å²) in [5.74, 6) is -0.368. The highest BCUT2D eigenvalue weighted by Gasteiger charge is 2.26. The van der Waals surface area contributed by atoms with Gasteiger partial charge in [-0.05, 0) is 31.0 Å². The third kappa shape index (κ3) is 3.22. The number of benzene rings is 1. The zero-order valence-corrected chi connectivity index (χ0v) is 15.9. The van der Waals surface area contributed by atoms with Crippen LogP contribution in [0.2, 0.25) is 0 Å². The molecule has 1 amide bonds. The van der Waals surface area contributed by atoms with E-state index < -0.39 is 10.0 Å². The number of amides is 1. The molecule has 1 aromatic heterocycles. The SMILES string of the molecule is C=CS(=O)(=O)N1CCN(c2ccc(CC(N)=O)c3[nH]c(C)c(C)c23)CC1. The van der Waals surface area contributed by atoms with Gasteiger partial charge in [0.2, 0.25) is 15.9 Å². The van der Waals surface area contributed by atoms with Crippen LogP contribution in [0.25, 0.3) is 10.9 Å². The predicted octanol–water partition coefficient (Wildman–Crippen LogP) is 1.41. The van der Waals surface area contributed by atoms with Crippen molar-refractivity contribution in [1.29, 1.82) is 0 Å². The number of H-pyrrole nitrogens is 1. The number of aromatic amines is 1. The summed E-state index contributed by atoms with van der Waals surface area (Å²) in [6.07, 6.45) is 0.182. The standard InChI is InChI=1S/C18H24N4O3S/c1-4-26(24,25)22-9-7-21(8-10-22)15-6-5-14(11-16(19)23)18-17(15)12(2)13(3)20-18/h4-6,20H,1,7-11H2,2-3H3,(H2,19,23). The van der Waals surface area contributed by atoms with Gasteiger partial charge in [-0.1, -0.05) is 12.6 Å². The monoisotopic (exact) mass is 376 g/mol. The highest BCUT2D eigenvalue weighted by Crippen LogP contribution is 2.34. The molecule has 1 aliphatic heterocycles. The fourth-order valence-electron chi connectivity index (χ4n) is 3.51. The maximum atomic E-state index is 12.0. The largest absolute Gasteiger partial charge is 0.369 e. The van der Waals surface area contributed by atoms with E-state index >= 15 is 0 Å². The highest BCUT2D eigenvalue weighted by molar-refractivity contribution is 7.92. The number of hydrogen-bond acceptors (Lipinski definition) is 4. The van der Waals surface area contributed by atoms with Gasteiger partial charge in [0.15, 0.2) is 0 Å². The first kappa shape index (κ1) is 18.5. The van der Waals surface area contributed by atoms with Crippen molar-refractivity contribution in [2.24, 2.45) is 5.73 Å². The topological polar surface area (TPSA) is 99.5 Å². The number of rotatable bonds is 5. The van der Waals surface area contributed by atoms with Gasteiger partial charge < -0.3 is 15.6 Å². The van der Waals surface area contributed by atoms with Crippen molar-refractivity contribution in [2.75, 3.05) is 31.1 Å². The normalized spacial score (nSPS) is 16.2. The Morgan fingerprint density at radius 1 is 1.27 bits per heavy atom. The summed E-state index contributed by atoms with van der Waals surface area (Å²) in [5, 5.41) is 2.07. The van der Waals surface area contributed by atoms with Gasteiger partial charge in [0.25, 0.3) is 0 Å².